The molecule has 1 amide bonds. The van der Waals surface area contributed by atoms with Crippen LogP contribution in [-0.2, 0) is 13.6 Å². The Morgan fingerprint density at radius 3 is 3.00 bits per heavy atom. The molecule has 3 heterocycles. The molecule has 0 aliphatic carbocycles. The SMILES string of the molecule is Cc1ccsc1C(=O)NC[C@@H]1C[C@H](F)CN1Cc1ccnn1C. The van der Waals surface area contributed by atoms with Gasteiger partial charge in [-0.25, -0.2) is 4.39 Å². The zero-order valence-corrected chi connectivity index (χ0v) is 14.1. The number of nitrogens with one attached hydrogen (secondary N) is 1. The third kappa shape index (κ3) is 3.61. The number of rotatable bonds is 5. The fourth-order valence-corrected chi connectivity index (χ4v) is 3.83. The van der Waals surface area contributed by atoms with E-state index in [-0.39, 0.29) is 11.9 Å². The molecule has 0 bridgehead atoms. The number of carbonyl (C=O) groups is 1. The number of halogens is 1. The Hall–Kier alpha value is -1.73. The topological polar surface area (TPSA) is 50.2 Å². The third-order valence-corrected chi connectivity index (χ3v) is 5.35. The number of aromatic nitrogens is 2. The molecule has 1 aliphatic heterocycles. The van der Waals surface area contributed by atoms with Crippen LogP contribution in [0.2, 0.25) is 0 Å². The minimum atomic E-state index is -0.839. The Bertz CT molecular complexity index is 683. The third-order valence-electron chi connectivity index (χ3n) is 4.33. The van der Waals surface area contributed by atoms with Gasteiger partial charge in [-0.3, -0.25) is 14.4 Å². The Labute approximate surface area is 139 Å². The smallest absolute Gasteiger partial charge is 0.261 e. The van der Waals surface area contributed by atoms with Gasteiger partial charge in [-0.1, -0.05) is 0 Å². The molecule has 0 radical (unpaired) electrons. The fourth-order valence-electron chi connectivity index (χ4n) is 2.99. The number of hydrogen-bond donors (Lipinski definition) is 1. The Morgan fingerprint density at radius 1 is 1.52 bits per heavy atom. The second-order valence-corrected chi connectivity index (χ2v) is 6.92. The molecular formula is C16H21FN4OS. The van der Waals surface area contributed by atoms with Crippen molar-refractivity contribution in [1.82, 2.24) is 20.0 Å². The quantitative estimate of drug-likeness (QED) is 0.910. The number of likely N-dealkylation sites (tertiary alicyclic amines) is 1. The molecule has 2 aromatic rings. The molecule has 0 unspecified atom stereocenters. The number of alkyl halides is 1. The molecule has 0 spiro atoms. The van der Waals surface area contributed by atoms with Crippen molar-refractivity contribution in [1.29, 1.82) is 0 Å². The van der Waals surface area contributed by atoms with Gasteiger partial charge in [0.2, 0.25) is 0 Å². The summed E-state index contributed by atoms with van der Waals surface area (Å²) in [6.07, 6.45) is 1.37. The van der Waals surface area contributed by atoms with Gasteiger partial charge >= 0.3 is 0 Å². The molecule has 2 atom stereocenters. The van der Waals surface area contributed by atoms with Gasteiger partial charge in [0.1, 0.15) is 6.17 Å². The van der Waals surface area contributed by atoms with Crippen LogP contribution in [-0.4, -0.2) is 45.9 Å². The van der Waals surface area contributed by atoms with Crippen LogP contribution in [0.1, 0.15) is 27.3 Å². The first kappa shape index (κ1) is 16.1. The zero-order valence-electron chi connectivity index (χ0n) is 13.3. The molecule has 5 nitrogen and oxygen atoms in total. The average Bonchev–Trinajstić information content (AvgIpc) is 3.19. The van der Waals surface area contributed by atoms with Crippen molar-refractivity contribution >= 4 is 17.2 Å². The summed E-state index contributed by atoms with van der Waals surface area (Å²) in [7, 11) is 1.88. The van der Waals surface area contributed by atoms with Gasteiger partial charge in [-0.15, -0.1) is 11.3 Å². The van der Waals surface area contributed by atoms with Gasteiger partial charge in [-0.2, -0.15) is 5.10 Å². The summed E-state index contributed by atoms with van der Waals surface area (Å²) in [4.78, 5) is 15.0. The summed E-state index contributed by atoms with van der Waals surface area (Å²) in [5.74, 6) is -0.0692. The number of thiophene rings is 1. The van der Waals surface area contributed by atoms with Gasteiger partial charge in [0.05, 0.1) is 10.6 Å². The molecule has 1 fully saturated rings. The van der Waals surface area contributed by atoms with E-state index in [0.717, 1.165) is 16.1 Å². The van der Waals surface area contributed by atoms with Crippen molar-refractivity contribution in [3.05, 3.63) is 39.8 Å². The highest BCUT2D eigenvalue weighted by Crippen LogP contribution is 2.22. The standard InChI is InChI=1S/C16H21FN4OS/c1-11-4-6-23-15(11)16(22)18-8-14-7-12(17)9-21(14)10-13-3-5-19-20(13)2/h3-6,12,14H,7-10H2,1-2H3,(H,18,22)/t12-,14-/m0/s1. The molecule has 1 aliphatic rings. The first-order chi connectivity index (χ1) is 11.0. The molecule has 7 heteroatoms. The molecule has 3 rings (SSSR count). The molecule has 0 aromatic carbocycles. The van der Waals surface area contributed by atoms with E-state index >= 15 is 0 Å². The number of amides is 1. The van der Waals surface area contributed by atoms with Crippen LogP contribution in [0.4, 0.5) is 4.39 Å². The van der Waals surface area contributed by atoms with Crippen LogP contribution in [0.15, 0.2) is 23.7 Å². The van der Waals surface area contributed by atoms with E-state index < -0.39 is 6.17 Å². The van der Waals surface area contributed by atoms with E-state index in [2.05, 4.69) is 15.3 Å². The van der Waals surface area contributed by atoms with Crippen LogP contribution in [0, 0.1) is 6.92 Å². The van der Waals surface area contributed by atoms with Crippen LogP contribution in [0.3, 0.4) is 0 Å². The molecule has 1 saturated heterocycles. The zero-order chi connectivity index (χ0) is 16.4. The summed E-state index contributed by atoms with van der Waals surface area (Å²) in [6, 6.07) is 3.89. The molecule has 23 heavy (non-hydrogen) atoms. The van der Waals surface area contributed by atoms with Crippen molar-refractivity contribution in [2.24, 2.45) is 7.05 Å². The van der Waals surface area contributed by atoms with Gasteiger partial charge in [0, 0.05) is 38.9 Å². The first-order valence-corrected chi connectivity index (χ1v) is 8.60. The monoisotopic (exact) mass is 336 g/mol. The van der Waals surface area contributed by atoms with Gasteiger partial charge < -0.3 is 5.32 Å². The van der Waals surface area contributed by atoms with Gasteiger partial charge in [0.25, 0.3) is 5.91 Å². The Morgan fingerprint density at radius 2 is 2.35 bits per heavy atom. The van der Waals surface area contributed by atoms with E-state index in [1.165, 1.54) is 11.3 Å². The van der Waals surface area contributed by atoms with Crippen molar-refractivity contribution in [2.75, 3.05) is 13.1 Å². The number of aryl methyl sites for hydroxylation is 2. The highest BCUT2D eigenvalue weighted by molar-refractivity contribution is 7.12. The van der Waals surface area contributed by atoms with E-state index in [9.17, 15) is 9.18 Å². The van der Waals surface area contributed by atoms with Crippen molar-refractivity contribution in [3.63, 3.8) is 0 Å². The maximum absolute atomic E-state index is 13.8. The number of carbonyl (C=O) groups excluding carboxylic acids is 1. The van der Waals surface area contributed by atoms with E-state index in [4.69, 9.17) is 0 Å². The molecule has 1 N–H and O–H groups in total. The summed E-state index contributed by atoms with van der Waals surface area (Å²) >= 11 is 1.44. The van der Waals surface area contributed by atoms with Crippen molar-refractivity contribution < 1.29 is 9.18 Å². The molecule has 124 valence electrons. The highest BCUT2D eigenvalue weighted by atomic mass is 32.1. The lowest BCUT2D eigenvalue weighted by Crippen LogP contribution is -2.40. The lowest BCUT2D eigenvalue weighted by Gasteiger charge is -2.24. The summed E-state index contributed by atoms with van der Waals surface area (Å²) in [5, 5.41) is 9.01. The lowest BCUT2D eigenvalue weighted by molar-refractivity contribution is 0.0943. The second-order valence-electron chi connectivity index (χ2n) is 6.01. The van der Waals surface area contributed by atoms with Crippen LogP contribution >= 0.6 is 11.3 Å². The normalized spacial score (nSPS) is 21.7. The predicted octanol–water partition coefficient (Wildman–Crippen LogP) is 2.13. The predicted molar refractivity (Wildman–Crippen MR) is 88.3 cm³/mol. The van der Waals surface area contributed by atoms with E-state index in [1.54, 1.807) is 10.9 Å². The summed E-state index contributed by atoms with van der Waals surface area (Å²) in [6.45, 7) is 3.45. The largest absolute Gasteiger partial charge is 0.350 e. The average molecular weight is 336 g/mol. The number of hydrogen-bond acceptors (Lipinski definition) is 4. The highest BCUT2D eigenvalue weighted by Gasteiger charge is 2.32. The van der Waals surface area contributed by atoms with Gasteiger partial charge in [0.15, 0.2) is 0 Å². The van der Waals surface area contributed by atoms with Crippen LogP contribution in [0.25, 0.3) is 0 Å². The molecule has 0 saturated carbocycles. The molecular weight excluding hydrogens is 315 g/mol. The van der Waals surface area contributed by atoms with Crippen LogP contribution in [0.5, 0.6) is 0 Å². The van der Waals surface area contributed by atoms with Gasteiger partial charge in [-0.05, 0) is 36.4 Å². The van der Waals surface area contributed by atoms with E-state index in [0.29, 0.717) is 26.1 Å². The maximum atomic E-state index is 13.8. The Balaban J connectivity index is 1.60. The Kier molecular flexibility index (Phi) is 4.77. The summed E-state index contributed by atoms with van der Waals surface area (Å²) in [5.41, 5.74) is 2.03. The first-order valence-electron chi connectivity index (χ1n) is 7.72. The van der Waals surface area contributed by atoms with Crippen LogP contribution < -0.4 is 5.32 Å². The van der Waals surface area contributed by atoms with Crippen molar-refractivity contribution in [3.8, 4) is 0 Å². The van der Waals surface area contributed by atoms with Crippen molar-refractivity contribution in [2.45, 2.75) is 32.1 Å². The van der Waals surface area contributed by atoms with E-state index in [1.807, 2.05) is 31.5 Å². The minimum absolute atomic E-state index is 0.0177. The maximum Gasteiger partial charge on any atom is 0.261 e. The number of nitrogens with zero attached hydrogens (tertiary/aromatic N) is 3. The fraction of sp³-hybridized carbons (Fsp3) is 0.500. The molecule has 2 aromatic heterocycles. The summed E-state index contributed by atoms with van der Waals surface area (Å²) < 4.78 is 15.6. The second kappa shape index (κ2) is 6.80. The lowest BCUT2D eigenvalue weighted by atomic mass is 10.2. The minimum Gasteiger partial charge on any atom is -0.350 e.